The molecule has 0 unspecified atom stereocenters. The molecule has 3 rings (SSSR count). The Bertz CT molecular complexity index is 981. The number of aromatic hydroxyl groups is 1. The van der Waals surface area contributed by atoms with Crippen LogP contribution in [0.5, 0.6) is 5.75 Å². The van der Waals surface area contributed by atoms with Crippen molar-refractivity contribution in [3.8, 4) is 5.75 Å². The lowest BCUT2D eigenvalue weighted by atomic mass is 9.85. The molecule has 1 aliphatic rings. The Morgan fingerprint density at radius 1 is 1.29 bits per heavy atom. The molecule has 0 saturated heterocycles. The summed E-state index contributed by atoms with van der Waals surface area (Å²) in [6.07, 6.45) is 1.23. The number of hydrogen-bond donors (Lipinski definition) is 4. The third-order valence-corrected chi connectivity index (χ3v) is 5.15. The highest BCUT2D eigenvalue weighted by molar-refractivity contribution is 7.92. The van der Waals surface area contributed by atoms with Gasteiger partial charge in [0.1, 0.15) is 5.75 Å². The number of rotatable bonds is 5. The van der Waals surface area contributed by atoms with Crippen LogP contribution >= 0.6 is 0 Å². The molecule has 11 heteroatoms. The maximum Gasteiger partial charge on any atom is 0.260 e. The van der Waals surface area contributed by atoms with Crippen molar-refractivity contribution >= 4 is 27.4 Å². The Morgan fingerprint density at radius 3 is 2.61 bits per heavy atom. The number of halogens is 2. The topological polar surface area (TPSA) is 124 Å². The molecule has 0 bridgehead atoms. The Balaban J connectivity index is 1.70. The number of nitrogens with zero attached hydrogens (tertiary/aromatic N) is 1. The van der Waals surface area contributed by atoms with E-state index in [1.54, 1.807) is 6.07 Å². The van der Waals surface area contributed by atoms with Crippen LogP contribution in [0.1, 0.15) is 47.7 Å². The monoisotopic (exact) mass is 414 g/mol. The molecule has 0 radical (unpaired) electrons. The van der Waals surface area contributed by atoms with Crippen molar-refractivity contribution in [3.05, 3.63) is 35.5 Å². The Kier molecular flexibility index (Phi) is 5.28. The number of amides is 1. The molecule has 0 spiro atoms. The number of phenols is 1. The van der Waals surface area contributed by atoms with E-state index < -0.39 is 21.9 Å². The van der Waals surface area contributed by atoms with Crippen LogP contribution in [-0.4, -0.2) is 41.8 Å². The smallest absolute Gasteiger partial charge is 0.260 e. The van der Waals surface area contributed by atoms with Gasteiger partial charge in [-0.3, -0.25) is 14.6 Å². The lowest BCUT2D eigenvalue weighted by Crippen LogP contribution is -2.23. The van der Waals surface area contributed by atoms with Crippen LogP contribution in [0.4, 0.5) is 20.3 Å². The van der Waals surface area contributed by atoms with Gasteiger partial charge in [-0.1, -0.05) is 0 Å². The van der Waals surface area contributed by atoms with Crippen molar-refractivity contribution in [2.75, 3.05) is 16.3 Å². The Morgan fingerprint density at radius 2 is 1.96 bits per heavy atom. The molecule has 2 aromatic rings. The number of benzene rings is 1. The van der Waals surface area contributed by atoms with Crippen LogP contribution in [0.3, 0.4) is 0 Å². The Labute approximate surface area is 160 Å². The van der Waals surface area contributed by atoms with Gasteiger partial charge >= 0.3 is 0 Å². The van der Waals surface area contributed by atoms with Gasteiger partial charge in [-0.05, 0) is 31.0 Å². The predicted molar refractivity (Wildman–Crippen MR) is 99.3 cm³/mol. The summed E-state index contributed by atoms with van der Waals surface area (Å²) >= 11 is 0. The fourth-order valence-corrected chi connectivity index (χ4v) is 3.70. The number of carbonyl (C=O) groups excluding carboxylic acids is 1. The fourth-order valence-electron chi connectivity index (χ4n) is 3.14. The quantitative estimate of drug-likeness (QED) is 0.560. The van der Waals surface area contributed by atoms with Crippen LogP contribution < -0.4 is 10.0 Å². The average Bonchev–Trinajstić information content (AvgIpc) is 3.03. The van der Waals surface area contributed by atoms with Crippen LogP contribution in [-0.2, 0) is 10.0 Å². The molecule has 1 aromatic carbocycles. The molecule has 0 atom stereocenters. The summed E-state index contributed by atoms with van der Waals surface area (Å²) < 4.78 is 51.4. The highest BCUT2D eigenvalue weighted by Gasteiger charge is 2.36. The highest BCUT2D eigenvalue weighted by Crippen LogP contribution is 2.40. The molecule has 0 aliphatic heterocycles. The number of anilines is 2. The minimum Gasteiger partial charge on any atom is -0.507 e. The van der Waals surface area contributed by atoms with Crippen molar-refractivity contribution in [2.45, 2.75) is 37.5 Å². The first-order valence-electron chi connectivity index (χ1n) is 8.58. The predicted octanol–water partition coefficient (Wildman–Crippen LogP) is 3.03. The van der Waals surface area contributed by atoms with E-state index in [4.69, 9.17) is 0 Å². The summed E-state index contributed by atoms with van der Waals surface area (Å²) in [6.45, 7) is 0. The van der Waals surface area contributed by atoms with Crippen molar-refractivity contribution in [1.82, 2.24) is 10.2 Å². The van der Waals surface area contributed by atoms with Gasteiger partial charge in [0, 0.05) is 36.2 Å². The second-order valence-corrected chi connectivity index (χ2v) is 8.65. The van der Waals surface area contributed by atoms with E-state index in [-0.39, 0.29) is 41.6 Å². The van der Waals surface area contributed by atoms with Gasteiger partial charge < -0.3 is 10.4 Å². The van der Waals surface area contributed by atoms with Gasteiger partial charge in [-0.25, -0.2) is 17.2 Å². The number of phenolic OH excluding ortho intramolecular Hbond substituents is 1. The van der Waals surface area contributed by atoms with E-state index in [2.05, 4.69) is 20.2 Å². The maximum atomic E-state index is 13.3. The molecule has 4 N–H and O–H groups in total. The lowest BCUT2D eigenvalue weighted by molar-refractivity contribution is -0.0384. The van der Waals surface area contributed by atoms with Gasteiger partial charge in [0.15, 0.2) is 5.82 Å². The van der Waals surface area contributed by atoms with Gasteiger partial charge in [0.05, 0.1) is 11.8 Å². The molecule has 1 aliphatic carbocycles. The zero-order valence-electron chi connectivity index (χ0n) is 15.0. The number of sulfonamides is 1. The van der Waals surface area contributed by atoms with Gasteiger partial charge in [0.2, 0.25) is 15.9 Å². The first-order chi connectivity index (χ1) is 13.0. The second-order valence-electron chi connectivity index (χ2n) is 6.90. The summed E-state index contributed by atoms with van der Waals surface area (Å²) in [4.78, 5) is 12.4. The third-order valence-electron chi connectivity index (χ3n) is 4.54. The van der Waals surface area contributed by atoms with E-state index in [9.17, 15) is 27.1 Å². The summed E-state index contributed by atoms with van der Waals surface area (Å²) in [5, 5.41) is 19.1. The summed E-state index contributed by atoms with van der Waals surface area (Å²) in [7, 11) is -3.54. The van der Waals surface area contributed by atoms with Crippen LogP contribution in [0.15, 0.2) is 24.3 Å². The fraction of sp³-hybridized carbons (Fsp3) is 0.412. The molecule has 1 amide bonds. The lowest BCUT2D eigenvalue weighted by Gasteiger charge is -2.27. The van der Waals surface area contributed by atoms with Crippen molar-refractivity contribution < 1.29 is 27.1 Å². The second kappa shape index (κ2) is 7.38. The summed E-state index contributed by atoms with van der Waals surface area (Å²) in [5.41, 5.74) is 0.634. The SMILES string of the molecule is CS(=O)(=O)Nc1ccc(O)c(C(=O)Nc2cc(C3CCC(F)(F)CC3)[nH]n2)c1. The van der Waals surface area contributed by atoms with Crippen molar-refractivity contribution in [3.63, 3.8) is 0 Å². The number of alkyl halides is 2. The van der Waals surface area contributed by atoms with Gasteiger partial charge in [0.25, 0.3) is 5.91 Å². The number of carbonyl (C=O) groups is 1. The molecular weight excluding hydrogens is 394 g/mol. The number of aromatic amines is 1. The zero-order chi connectivity index (χ0) is 20.5. The molecule has 8 nitrogen and oxygen atoms in total. The summed E-state index contributed by atoms with van der Waals surface area (Å²) in [6, 6.07) is 5.28. The first kappa shape index (κ1) is 20.1. The van der Waals surface area contributed by atoms with E-state index in [0.29, 0.717) is 18.5 Å². The van der Waals surface area contributed by atoms with E-state index >= 15 is 0 Å². The number of aromatic nitrogens is 2. The van der Waals surface area contributed by atoms with Crippen molar-refractivity contribution in [1.29, 1.82) is 0 Å². The molecule has 1 heterocycles. The zero-order valence-corrected chi connectivity index (χ0v) is 15.8. The van der Waals surface area contributed by atoms with Gasteiger partial charge in [-0.2, -0.15) is 5.10 Å². The number of nitrogens with one attached hydrogen (secondary N) is 3. The molecule has 1 aromatic heterocycles. The Hall–Kier alpha value is -2.69. The van der Waals surface area contributed by atoms with E-state index in [1.165, 1.54) is 18.2 Å². The van der Waals surface area contributed by atoms with E-state index in [0.717, 1.165) is 6.26 Å². The molecular formula is C17H20F2N4O4S. The first-order valence-corrected chi connectivity index (χ1v) is 10.5. The minimum atomic E-state index is -3.54. The third kappa shape index (κ3) is 4.97. The average molecular weight is 414 g/mol. The largest absolute Gasteiger partial charge is 0.507 e. The van der Waals surface area contributed by atoms with E-state index in [1.807, 2.05) is 0 Å². The summed E-state index contributed by atoms with van der Waals surface area (Å²) in [5.74, 6) is -3.56. The molecule has 28 heavy (non-hydrogen) atoms. The number of H-pyrrole nitrogens is 1. The molecule has 1 saturated carbocycles. The molecule has 152 valence electrons. The van der Waals surface area contributed by atoms with Crippen LogP contribution in [0, 0.1) is 0 Å². The maximum absolute atomic E-state index is 13.3. The van der Waals surface area contributed by atoms with Crippen molar-refractivity contribution in [2.24, 2.45) is 0 Å². The number of hydrogen-bond acceptors (Lipinski definition) is 5. The van der Waals surface area contributed by atoms with Crippen LogP contribution in [0.2, 0.25) is 0 Å². The highest BCUT2D eigenvalue weighted by atomic mass is 32.2. The standard InChI is InChI=1S/C17H20F2N4O4S/c1-28(26,27)23-11-2-3-14(24)12(8-11)16(25)20-15-9-13(21-22-15)10-4-6-17(18,19)7-5-10/h2-3,8-10,23-24H,4-7H2,1H3,(H2,20,21,22,25). The minimum absolute atomic E-state index is 0.0894. The van der Waals surface area contributed by atoms with Crippen LogP contribution in [0.25, 0.3) is 0 Å². The normalized spacial score (nSPS) is 17.2. The van der Waals surface area contributed by atoms with Gasteiger partial charge in [-0.15, -0.1) is 0 Å². The molecule has 1 fully saturated rings.